The fourth-order valence-electron chi connectivity index (χ4n) is 7.00. The highest BCUT2D eigenvalue weighted by molar-refractivity contribution is 6.38. The van der Waals surface area contributed by atoms with Gasteiger partial charge in [0.05, 0.1) is 25.9 Å². The lowest BCUT2D eigenvalue weighted by molar-refractivity contribution is -0.154. The average Bonchev–Trinajstić information content (AvgIpc) is 3.28. The number of Topliss-reactive ketones (excluding diaryl/α,β-unsaturated/α-hetero) is 1. The molecule has 11 N–H and O–H groups in total. The number of aliphatic hydroxyl groups is 1. The molecule has 0 fully saturated rings. The van der Waals surface area contributed by atoms with E-state index in [0.29, 0.717) is 22.3 Å². The van der Waals surface area contributed by atoms with Crippen molar-refractivity contribution in [2.45, 2.75) is 148 Å². The molecule has 7 amide bonds. The van der Waals surface area contributed by atoms with E-state index in [0.717, 1.165) is 0 Å². The minimum absolute atomic E-state index is 0.222. The van der Waals surface area contributed by atoms with Crippen LogP contribution in [-0.2, 0) is 72.3 Å². The van der Waals surface area contributed by atoms with Crippen molar-refractivity contribution < 1.29 is 86.3 Å². The second kappa shape index (κ2) is 28.6. The van der Waals surface area contributed by atoms with Gasteiger partial charge in [-0.1, -0.05) is 83.1 Å². The van der Waals surface area contributed by atoms with Gasteiger partial charge in [-0.15, -0.1) is 0 Å². The number of carbonyl (C=O) groups excluding carboxylic acids is 8. The normalized spacial score (nSPS) is 13.9. The fourth-order valence-corrected chi connectivity index (χ4v) is 7.00. The topological polar surface area (TPSA) is 353 Å². The quantitative estimate of drug-likeness (QED) is 0.0508. The van der Waals surface area contributed by atoms with Gasteiger partial charge in [0.15, 0.2) is 0 Å². The first-order chi connectivity index (χ1) is 33.9. The Hall–Kier alpha value is -7.44. The molecule has 0 saturated heterocycles. The van der Waals surface area contributed by atoms with Crippen LogP contribution in [0.4, 0.5) is 13.2 Å². The molecular formula is C48H64F3N7O15. The molecule has 402 valence electrons. The van der Waals surface area contributed by atoms with Gasteiger partial charge in [0.2, 0.25) is 41.2 Å². The van der Waals surface area contributed by atoms with Crippen molar-refractivity contribution in [1.29, 1.82) is 0 Å². The second-order valence-electron chi connectivity index (χ2n) is 18.7. The number of carbonyl (C=O) groups is 11. The number of alkyl halides is 3. The summed E-state index contributed by atoms with van der Waals surface area (Å²) >= 11 is 0. The van der Waals surface area contributed by atoms with Crippen molar-refractivity contribution >= 4 is 65.0 Å². The van der Waals surface area contributed by atoms with Crippen LogP contribution in [0.3, 0.4) is 0 Å². The predicted octanol–water partition coefficient (Wildman–Crippen LogP) is 1.07. The number of rotatable bonds is 29. The van der Waals surface area contributed by atoms with Gasteiger partial charge in [0.25, 0.3) is 5.91 Å². The lowest BCUT2D eigenvalue weighted by Gasteiger charge is -2.34. The second-order valence-corrected chi connectivity index (χ2v) is 18.7. The van der Waals surface area contributed by atoms with E-state index in [1.165, 1.54) is 45.0 Å². The van der Waals surface area contributed by atoms with Gasteiger partial charge in [0.1, 0.15) is 36.3 Å². The molecule has 0 spiro atoms. The van der Waals surface area contributed by atoms with Gasteiger partial charge in [-0.2, -0.15) is 13.2 Å². The van der Waals surface area contributed by atoms with Crippen LogP contribution in [0.15, 0.2) is 48.5 Å². The number of aliphatic hydroxyl groups excluding tert-OH is 1. The van der Waals surface area contributed by atoms with Crippen LogP contribution in [-0.4, -0.2) is 128 Å². The van der Waals surface area contributed by atoms with E-state index >= 15 is 0 Å². The summed E-state index contributed by atoms with van der Waals surface area (Å²) in [4.78, 5) is 143. The molecule has 2 rings (SSSR count). The molecule has 0 bridgehead atoms. The molecule has 1 unspecified atom stereocenters. The molecule has 25 heteroatoms. The van der Waals surface area contributed by atoms with Gasteiger partial charge in [-0.05, 0) is 53.4 Å². The Bertz CT molecular complexity index is 2320. The zero-order valence-electron chi connectivity index (χ0n) is 41.1. The molecule has 2 aromatic carbocycles. The monoisotopic (exact) mass is 1040 g/mol. The van der Waals surface area contributed by atoms with Crippen LogP contribution in [0.5, 0.6) is 0 Å². The van der Waals surface area contributed by atoms with E-state index in [1.54, 1.807) is 45.0 Å². The van der Waals surface area contributed by atoms with Crippen molar-refractivity contribution in [2.75, 3.05) is 0 Å². The highest BCUT2D eigenvalue weighted by Crippen LogP contribution is 2.24. The fraction of sp³-hybridized carbons (Fsp3) is 0.521. The van der Waals surface area contributed by atoms with E-state index in [2.05, 4.69) is 31.9 Å². The molecule has 0 aliphatic carbocycles. The minimum Gasteiger partial charge on any atom is -0.481 e. The highest BCUT2D eigenvalue weighted by Gasteiger charge is 2.42. The smallest absolute Gasteiger partial charge is 0.391 e. The maximum Gasteiger partial charge on any atom is 0.391 e. The number of aliphatic carboxylic acids is 3. The molecule has 0 aromatic heterocycles. The number of nitrogens with one attached hydrogen (secondary N) is 7. The van der Waals surface area contributed by atoms with Gasteiger partial charge in [0, 0.05) is 25.8 Å². The Kier molecular flexibility index (Phi) is 24.1. The molecule has 2 aromatic rings. The minimum atomic E-state index is -5.07. The van der Waals surface area contributed by atoms with Gasteiger partial charge in [-0.25, -0.2) is 0 Å². The Labute approximate surface area is 418 Å². The molecule has 0 aliphatic heterocycles. The summed E-state index contributed by atoms with van der Waals surface area (Å²) < 4.78 is 41.5. The van der Waals surface area contributed by atoms with Crippen LogP contribution < -0.4 is 37.2 Å². The first-order valence-corrected chi connectivity index (χ1v) is 23.0. The lowest BCUT2D eigenvalue weighted by Crippen LogP contribution is -2.62. The summed E-state index contributed by atoms with van der Waals surface area (Å²) in [6, 6.07) is 1.66. The van der Waals surface area contributed by atoms with Crippen LogP contribution >= 0.6 is 0 Å². The average molecular weight is 1040 g/mol. The number of amides is 7. The van der Waals surface area contributed by atoms with Crippen molar-refractivity contribution in [3.05, 3.63) is 70.8 Å². The Balaban J connectivity index is 2.48. The van der Waals surface area contributed by atoms with E-state index in [-0.39, 0.29) is 26.0 Å². The predicted molar refractivity (Wildman–Crippen MR) is 251 cm³/mol. The molecule has 0 aliphatic rings. The summed E-state index contributed by atoms with van der Waals surface area (Å²) in [5.41, 5.74) is 0.852. The zero-order chi connectivity index (χ0) is 55.4. The molecule has 22 nitrogen and oxygen atoms in total. The summed E-state index contributed by atoms with van der Waals surface area (Å²) in [6.07, 6.45) is -11.3. The number of benzene rings is 2. The van der Waals surface area contributed by atoms with Crippen molar-refractivity contribution in [2.24, 2.45) is 11.3 Å². The molecule has 0 radical (unpaired) electrons. The summed E-state index contributed by atoms with van der Waals surface area (Å²) in [7, 11) is 0. The maximum absolute atomic E-state index is 14.4. The zero-order valence-corrected chi connectivity index (χ0v) is 41.1. The lowest BCUT2D eigenvalue weighted by atomic mass is 9.85. The number of carboxylic acid groups (broad SMARTS) is 3. The van der Waals surface area contributed by atoms with Crippen molar-refractivity contribution in [3.8, 4) is 0 Å². The summed E-state index contributed by atoms with van der Waals surface area (Å²) in [5, 5.41) is 53.0. The van der Waals surface area contributed by atoms with E-state index in [1.807, 2.05) is 5.32 Å². The summed E-state index contributed by atoms with van der Waals surface area (Å²) in [5.74, 6) is -14.8. The van der Waals surface area contributed by atoms with E-state index < -0.39 is 157 Å². The van der Waals surface area contributed by atoms with Crippen LogP contribution in [0.2, 0.25) is 0 Å². The van der Waals surface area contributed by atoms with Crippen LogP contribution in [0.25, 0.3) is 0 Å². The molecule has 6 atom stereocenters. The largest absolute Gasteiger partial charge is 0.481 e. The SMILES string of the molecule is Cc1ccccc1C[C@H](NC(=O)[C@H](CCC(=O)O)NC(=O)[C@H](CC(=O)O)NC(=O)CCC(=O)O)C(=O)N[C@H](C(=O)N[C@@H](CC(C)C)C(=O)NC(CC(F)(F)F)C(=O)C(=O)NCc1ccc(CO)cc1)C(C)(C)C. The third-order valence-corrected chi connectivity index (χ3v) is 10.9. The number of halogens is 3. The third kappa shape index (κ3) is 22.7. The number of hydrogen-bond donors (Lipinski definition) is 11. The number of aryl methyl sites for hydroxylation is 1. The van der Waals surface area contributed by atoms with Gasteiger partial charge < -0.3 is 57.6 Å². The van der Waals surface area contributed by atoms with Gasteiger partial charge >= 0.3 is 24.1 Å². The van der Waals surface area contributed by atoms with E-state index in [4.69, 9.17) is 5.11 Å². The van der Waals surface area contributed by atoms with Crippen molar-refractivity contribution in [1.82, 2.24) is 37.2 Å². The standard InChI is InChI=1S/C48H64F3N7O15/c1-25(2)19-31(42(69)57-34(22-48(49,50)51)39(67)45(72)52-23-27-11-13-28(24-59)14-12-27)56-46(73)40(47(4,5)6)58-44(71)32(20-29-10-8-7-9-26(29)3)55-41(68)30(15-17-36(61)62)54-43(70)33(21-38(65)66)53-35(60)16-18-37(63)64/h7-14,25,30-34,40,59H,15-24H2,1-6H3,(H,52,72)(H,53,60)(H,54,70)(H,55,68)(H,56,73)(H,57,69)(H,58,71)(H,61,62)(H,63,64)(H,65,66)/t30-,31-,32-,33-,34?,40+/m0/s1. The Morgan fingerprint density at radius 1 is 0.589 bits per heavy atom. The van der Waals surface area contributed by atoms with Crippen molar-refractivity contribution in [3.63, 3.8) is 0 Å². The first-order valence-electron chi connectivity index (χ1n) is 23.0. The highest BCUT2D eigenvalue weighted by atomic mass is 19.4. The number of ketones is 1. The molecule has 73 heavy (non-hydrogen) atoms. The summed E-state index contributed by atoms with van der Waals surface area (Å²) in [6.45, 7) is 8.86. The molecule has 0 saturated carbocycles. The Morgan fingerprint density at radius 2 is 1.11 bits per heavy atom. The van der Waals surface area contributed by atoms with E-state index in [9.17, 15) is 81.2 Å². The van der Waals surface area contributed by atoms with Crippen LogP contribution in [0, 0.1) is 18.3 Å². The number of hydrogen-bond acceptors (Lipinski definition) is 12. The number of carboxylic acids is 3. The Morgan fingerprint density at radius 3 is 1.64 bits per heavy atom. The van der Waals surface area contributed by atoms with Gasteiger partial charge in [-0.3, -0.25) is 52.7 Å². The third-order valence-electron chi connectivity index (χ3n) is 10.9. The molecular weight excluding hydrogens is 972 g/mol. The van der Waals surface area contributed by atoms with Crippen LogP contribution in [0.1, 0.15) is 102 Å². The first kappa shape index (κ1) is 61.7. The maximum atomic E-state index is 14.4. The molecule has 0 heterocycles.